The molecule has 0 bridgehead atoms. The lowest BCUT2D eigenvalue weighted by Crippen LogP contribution is -2.46. The summed E-state index contributed by atoms with van der Waals surface area (Å²) >= 11 is 0. The van der Waals surface area contributed by atoms with E-state index in [9.17, 15) is 14.7 Å². The van der Waals surface area contributed by atoms with E-state index in [0.29, 0.717) is 12.8 Å². The maximum Gasteiger partial charge on any atom is 0.330 e. The van der Waals surface area contributed by atoms with E-state index in [2.05, 4.69) is 4.74 Å². The molecule has 0 aromatic heterocycles. The van der Waals surface area contributed by atoms with Gasteiger partial charge in [0.15, 0.2) is 0 Å². The van der Waals surface area contributed by atoms with Crippen LogP contribution in [0.15, 0.2) is 30.3 Å². The van der Waals surface area contributed by atoms with Crippen molar-refractivity contribution in [2.24, 2.45) is 0 Å². The molecule has 5 heteroatoms. The van der Waals surface area contributed by atoms with E-state index in [1.165, 1.54) is 13.2 Å². The van der Waals surface area contributed by atoms with E-state index in [-0.39, 0.29) is 12.2 Å². The number of hydrogen-bond acceptors (Lipinski definition) is 4. The smallest absolute Gasteiger partial charge is 0.330 e. The second kappa shape index (κ2) is 6.96. The maximum atomic E-state index is 12.0. The van der Waals surface area contributed by atoms with Crippen LogP contribution in [0.1, 0.15) is 37.8 Å². The van der Waals surface area contributed by atoms with Gasteiger partial charge in [-0.25, -0.2) is 4.79 Å². The topological polar surface area (TPSA) is 72.8 Å². The number of rotatable bonds is 4. The van der Waals surface area contributed by atoms with Crippen molar-refractivity contribution in [1.82, 2.24) is 0 Å². The van der Waals surface area contributed by atoms with E-state index in [1.54, 1.807) is 6.08 Å². The Morgan fingerprint density at radius 3 is 2.52 bits per heavy atom. The minimum absolute atomic E-state index is 0.121. The Labute approximate surface area is 135 Å². The SMILES string of the molecule is COC(=O)C=Cc1cccc(C2(C(=O)O)CC(C)OC(C)C2)c1. The first-order chi connectivity index (χ1) is 10.9. The third kappa shape index (κ3) is 3.79. The minimum Gasteiger partial charge on any atom is -0.481 e. The molecule has 1 N–H and O–H groups in total. The summed E-state index contributed by atoms with van der Waals surface area (Å²) in [5, 5.41) is 9.88. The fourth-order valence-electron chi connectivity index (χ4n) is 3.26. The van der Waals surface area contributed by atoms with Crippen molar-refractivity contribution in [2.75, 3.05) is 7.11 Å². The largest absolute Gasteiger partial charge is 0.481 e. The van der Waals surface area contributed by atoms with Gasteiger partial charge in [0, 0.05) is 6.08 Å². The molecule has 0 radical (unpaired) electrons. The lowest BCUT2D eigenvalue weighted by molar-refractivity contribution is -0.154. The lowest BCUT2D eigenvalue weighted by Gasteiger charge is -2.40. The van der Waals surface area contributed by atoms with Crippen LogP contribution in [0, 0.1) is 0 Å². The Bertz CT molecular complexity index is 610. The fourth-order valence-corrected chi connectivity index (χ4v) is 3.26. The van der Waals surface area contributed by atoms with Gasteiger partial charge in [0.25, 0.3) is 0 Å². The lowest BCUT2D eigenvalue weighted by atomic mass is 9.70. The average molecular weight is 318 g/mol. The molecule has 0 aliphatic carbocycles. The molecule has 1 aliphatic heterocycles. The molecule has 2 rings (SSSR count). The molecule has 0 saturated carbocycles. The summed E-state index contributed by atoms with van der Waals surface area (Å²) in [6.45, 7) is 3.79. The van der Waals surface area contributed by atoms with Crippen LogP contribution in [0.2, 0.25) is 0 Å². The predicted molar refractivity (Wildman–Crippen MR) is 86.0 cm³/mol. The molecule has 124 valence electrons. The van der Waals surface area contributed by atoms with Crippen LogP contribution in [-0.2, 0) is 24.5 Å². The highest BCUT2D eigenvalue weighted by Gasteiger charge is 2.46. The molecule has 1 aromatic rings. The molecule has 1 heterocycles. The van der Waals surface area contributed by atoms with Gasteiger partial charge < -0.3 is 14.6 Å². The number of methoxy groups -OCH3 is 1. The summed E-state index contributed by atoms with van der Waals surface area (Å²) in [6.07, 6.45) is 3.56. The molecule has 1 aliphatic rings. The van der Waals surface area contributed by atoms with Gasteiger partial charge in [-0.2, -0.15) is 0 Å². The van der Waals surface area contributed by atoms with E-state index in [1.807, 2.05) is 38.1 Å². The normalized spacial score (nSPS) is 27.8. The molecule has 23 heavy (non-hydrogen) atoms. The van der Waals surface area contributed by atoms with E-state index < -0.39 is 17.4 Å². The number of carboxylic acids is 1. The second-order valence-electron chi connectivity index (χ2n) is 6.03. The van der Waals surface area contributed by atoms with Gasteiger partial charge in [0.1, 0.15) is 0 Å². The van der Waals surface area contributed by atoms with Crippen LogP contribution in [0.4, 0.5) is 0 Å². The zero-order valence-corrected chi connectivity index (χ0v) is 13.6. The van der Waals surface area contributed by atoms with Crippen LogP contribution < -0.4 is 0 Å². The third-order valence-electron chi connectivity index (χ3n) is 4.20. The fraction of sp³-hybridized carbons (Fsp3) is 0.444. The summed E-state index contributed by atoms with van der Waals surface area (Å²) in [4.78, 5) is 23.3. The van der Waals surface area contributed by atoms with E-state index >= 15 is 0 Å². The van der Waals surface area contributed by atoms with Crippen LogP contribution in [-0.4, -0.2) is 36.4 Å². The highest BCUT2D eigenvalue weighted by atomic mass is 16.5. The maximum absolute atomic E-state index is 12.0. The number of esters is 1. The van der Waals surface area contributed by atoms with Gasteiger partial charge in [-0.1, -0.05) is 24.3 Å². The summed E-state index contributed by atoms with van der Waals surface area (Å²) in [6, 6.07) is 7.28. The molecule has 0 spiro atoms. The number of benzene rings is 1. The zero-order valence-electron chi connectivity index (χ0n) is 13.6. The highest BCUT2D eigenvalue weighted by molar-refractivity contribution is 5.87. The predicted octanol–water partition coefficient (Wildman–Crippen LogP) is 2.78. The van der Waals surface area contributed by atoms with Crippen molar-refractivity contribution in [3.63, 3.8) is 0 Å². The molecular formula is C18H22O5. The van der Waals surface area contributed by atoms with Crippen LogP contribution in [0.25, 0.3) is 6.08 Å². The molecule has 2 unspecified atom stereocenters. The average Bonchev–Trinajstić information content (AvgIpc) is 2.51. The number of carbonyl (C=O) groups excluding carboxylic acids is 1. The Morgan fingerprint density at radius 2 is 1.96 bits per heavy atom. The third-order valence-corrected chi connectivity index (χ3v) is 4.20. The van der Waals surface area contributed by atoms with Gasteiger partial charge in [-0.15, -0.1) is 0 Å². The first-order valence-electron chi connectivity index (χ1n) is 7.63. The second-order valence-corrected chi connectivity index (χ2v) is 6.03. The number of aliphatic carboxylic acids is 1. The van der Waals surface area contributed by atoms with Crippen molar-refractivity contribution in [2.45, 2.75) is 44.3 Å². The molecule has 5 nitrogen and oxygen atoms in total. The number of ether oxygens (including phenoxy) is 2. The Kier molecular flexibility index (Phi) is 5.21. The summed E-state index contributed by atoms with van der Waals surface area (Å²) in [5.74, 6) is -1.29. The first kappa shape index (κ1) is 17.2. The van der Waals surface area contributed by atoms with Crippen LogP contribution in [0.3, 0.4) is 0 Å². The molecule has 2 atom stereocenters. The van der Waals surface area contributed by atoms with E-state index in [0.717, 1.165) is 11.1 Å². The Hall–Kier alpha value is -2.14. The molecule has 1 aromatic carbocycles. The van der Waals surface area contributed by atoms with Gasteiger partial charge in [-0.05, 0) is 43.9 Å². The van der Waals surface area contributed by atoms with Crippen LogP contribution >= 0.6 is 0 Å². The number of carbonyl (C=O) groups is 2. The number of hydrogen-bond donors (Lipinski definition) is 1. The summed E-state index contributed by atoms with van der Waals surface area (Å²) < 4.78 is 10.3. The molecular weight excluding hydrogens is 296 g/mol. The van der Waals surface area contributed by atoms with Crippen molar-refractivity contribution < 1.29 is 24.2 Å². The summed E-state index contributed by atoms with van der Waals surface area (Å²) in [5.41, 5.74) is 0.533. The Balaban J connectivity index is 2.39. The summed E-state index contributed by atoms with van der Waals surface area (Å²) in [7, 11) is 1.31. The number of carboxylic acid groups (broad SMARTS) is 1. The highest BCUT2D eigenvalue weighted by Crippen LogP contribution is 2.40. The molecule has 1 fully saturated rings. The van der Waals surface area contributed by atoms with Gasteiger partial charge in [0.2, 0.25) is 0 Å². The van der Waals surface area contributed by atoms with Gasteiger partial charge in [0.05, 0.1) is 24.7 Å². The van der Waals surface area contributed by atoms with Crippen LogP contribution in [0.5, 0.6) is 0 Å². The zero-order chi connectivity index (χ0) is 17.0. The van der Waals surface area contributed by atoms with Crippen molar-refractivity contribution in [3.05, 3.63) is 41.5 Å². The standard InChI is InChI=1S/C18H22O5/c1-12-10-18(17(20)21,11-13(2)23-12)15-6-4-5-14(9-15)7-8-16(19)22-3/h4-9,12-13H,10-11H2,1-3H3,(H,20,21). The molecule has 1 saturated heterocycles. The van der Waals surface area contributed by atoms with Crippen molar-refractivity contribution in [3.8, 4) is 0 Å². The van der Waals surface area contributed by atoms with Gasteiger partial charge >= 0.3 is 11.9 Å². The van der Waals surface area contributed by atoms with Crippen molar-refractivity contribution >= 4 is 18.0 Å². The minimum atomic E-state index is -0.966. The van der Waals surface area contributed by atoms with E-state index in [4.69, 9.17) is 4.74 Å². The van der Waals surface area contributed by atoms with Gasteiger partial charge in [-0.3, -0.25) is 4.79 Å². The molecule has 0 amide bonds. The monoisotopic (exact) mass is 318 g/mol. The van der Waals surface area contributed by atoms with Crippen molar-refractivity contribution in [1.29, 1.82) is 0 Å². The quantitative estimate of drug-likeness (QED) is 0.682. The first-order valence-corrected chi connectivity index (χ1v) is 7.63. The Morgan fingerprint density at radius 1 is 1.30 bits per heavy atom.